The van der Waals surface area contributed by atoms with Crippen LogP contribution in [-0.4, -0.2) is 47.8 Å². The highest BCUT2D eigenvalue weighted by molar-refractivity contribution is 5.89. The van der Waals surface area contributed by atoms with E-state index >= 15 is 0 Å². The molecule has 2 aromatic rings. The second-order valence-corrected chi connectivity index (χ2v) is 8.60. The van der Waals surface area contributed by atoms with Crippen molar-refractivity contribution in [1.29, 1.82) is 0 Å². The number of hydrogen-bond donors (Lipinski definition) is 2. The van der Waals surface area contributed by atoms with Crippen molar-refractivity contribution < 1.29 is 18.0 Å². The van der Waals surface area contributed by atoms with Gasteiger partial charge in [0.15, 0.2) is 12.1 Å². The van der Waals surface area contributed by atoms with Crippen molar-refractivity contribution in [3.8, 4) is 0 Å². The third kappa shape index (κ3) is 4.01. The Morgan fingerprint density at radius 3 is 2.50 bits per heavy atom. The van der Waals surface area contributed by atoms with Gasteiger partial charge in [0.1, 0.15) is 5.54 Å². The lowest BCUT2D eigenvalue weighted by Crippen LogP contribution is -2.50. The Hall–Kier alpha value is -2.81. The van der Waals surface area contributed by atoms with E-state index in [9.17, 15) is 18.0 Å². The predicted molar refractivity (Wildman–Crippen MR) is 118 cm³/mol. The summed E-state index contributed by atoms with van der Waals surface area (Å²) in [6.45, 7) is 1.13. The van der Waals surface area contributed by atoms with Crippen LogP contribution in [-0.2, 0) is 12.1 Å². The van der Waals surface area contributed by atoms with E-state index in [0.29, 0.717) is 41.6 Å². The number of halogens is 3. The van der Waals surface area contributed by atoms with Crippen LogP contribution in [0, 0.1) is 5.92 Å². The number of carbonyl (C=O) groups is 1. The molecule has 0 spiro atoms. The molecular formula is C23H28F3N5O. The summed E-state index contributed by atoms with van der Waals surface area (Å²) in [5.74, 6) is 0.956. The fourth-order valence-electron chi connectivity index (χ4n) is 4.53. The van der Waals surface area contributed by atoms with Crippen molar-refractivity contribution in [1.82, 2.24) is 20.0 Å². The van der Waals surface area contributed by atoms with Gasteiger partial charge in [0.25, 0.3) is 0 Å². The second-order valence-electron chi connectivity index (χ2n) is 8.60. The van der Waals surface area contributed by atoms with Gasteiger partial charge in [-0.3, -0.25) is 14.4 Å². The highest BCUT2D eigenvalue weighted by atomic mass is 19.4. The van der Waals surface area contributed by atoms with Crippen LogP contribution >= 0.6 is 0 Å². The van der Waals surface area contributed by atoms with Crippen LogP contribution in [0.15, 0.2) is 30.5 Å². The smallest absolute Gasteiger partial charge is 0.394 e. The summed E-state index contributed by atoms with van der Waals surface area (Å²) in [6, 6.07) is 6.27. The first-order chi connectivity index (χ1) is 15.3. The zero-order chi connectivity index (χ0) is 22.9. The number of anilines is 2. The van der Waals surface area contributed by atoms with Crippen LogP contribution in [0.2, 0.25) is 0 Å². The molecule has 2 aliphatic rings. The molecule has 2 heterocycles. The van der Waals surface area contributed by atoms with Crippen molar-refractivity contribution in [2.75, 3.05) is 26.0 Å². The molecule has 6 nitrogen and oxygen atoms in total. The molecule has 1 saturated heterocycles. The van der Waals surface area contributed by atoms with Gasteiger partial charge in [-0.1, -0.05) is 12.1 Å². The maximum Gasteiger partial charge on any atom is 0.410 e. The minimum atomic E-state index is -4.37. The van der Waals surface area contributed by atoms with Crippen LogP contribution in [0.1, 0.15) is 47.3 Å². The van der Waals surface area contributed by atoms with Crippen LogP contribution in [0.3, 0.4) is 0 Å². The van der Waals surface area contributed by atoms with E-state index in [-0.39, 0.29) is 12.0 Å². The van der Waals surface area contributed by atoms with Gasteiger partial charge in [0.05, 0.1) is 11.3 Å². The average Bonchev–Trinajstić information content (AvgIpc) is 3.38. The first-order valence-electron chi connectivity index (χ1n) is 10.9. The first-order valence-corrected chi connectivity index (χ1v) is 10.9. The number of alkyl halides is 3. The first kappa shape index (κ1) is 22.4. The Balaban J connectivity index is 1.63. The monoisotopic (exact) mass is 447 g/mol. The van der Waals surface area contributed by atoms with Crippen molar-refractivity contribution in [2.45, 2.75) is 43.9 Å². The fraction of sp³-hybridized carbons (Fsp3) is 0.478. The summed E-state index contributed by atoms with van der Waals surface area (Å²) in [5, 5.41) is 10.6. The molecule has 1 saturated carbocycles. The molecule has 4 rings (SSSR count). The molecule has 1 aromatic carbocycles. The minimum Gasteiger partial charge on any atom is -0.394 e. The summed E-state index contributed by atoms with van der Waals surface area (Å²) >= 11 is 0. The van der Waals surface area contributed by atoms with Gasteiger partial charge in [-0.25, -0.2) is 0 Å². The molecule has 1 atom stereocenters. The maximum absolute atomic E-state index is 14.0. The van der Waals surface area contributed by atoms with Crippen molar-refractivity contribution in [2.24, 2.45) is 5.92 Å². The third-order valence-electron chi connectivity index (χ3n) is 6.46. The van der Waals surface area contributed by atoms with Crippen LogP contribution < -0.4 is 10.6 Å². The lowest BCUT2D eigenvalue weighted by molar-refractivity contribution is -0.225. The molecule has 0 bridgehead atoms. The molecular weight excluding hydrogens is 419 g/mol. The van der Waals surface area contributed by atoms with Crippen molar-refractivity contribution in [3.63, 3.8) is 0 Å². The van der Waals surface area contributed by atoms with E-state index in [1.807, 2.05) is 4.68 Å². The molecule has 172 valence electrons. The van der Waals surface area contributed by atoms with E-state index in [4.69, 9.17) is 0 Å². The van der Waals surface area contributed by atoms with E-state index in [0.717, 1.165) is 25.7 Å². The van der Waals surface area contributed by atoms with Gasteiger partial charge >= 0.3 is 6.18 Å². The highest BCUT2D eigenvalue weighted by Gasteiger charge is 2.60. The quantitative estimate of drug-likeness (QED) is 0.583. The number of carbonyl (C=O) groups excluding carboxylic acids is 1. The summed E-state index contributed by atoms with van der Waals surface area (Å²) in [5.41, 5.74) is -0.0400. The van der Waals surface area contributed by atoms with E-state index < -0.39 is 11.7 Å². The van der Waals surface area contributed by atoms with E-state index in [1.54, 1.807) is 31.5 Å². The Morgan fingerprint density at radius 1 is 1.25 bits per heavy atom. The lowest BCUT2D eigenvalue weighted by Gasteiger charge is -2.38. The van der Waals surface area contributed by atoms with Gasteiger partial charge in [-0.15, -0.1) is 0 Å². The number of aldehydes is 1. The van der Waals surface area contributed by atoms with Gasteiger partial charge in [0.2, 0.25) is 0 Å². The normalized spacial score (nSPS) is 21.9. The summed E-state index contributed by atoms with van der Waals surface area (Å²) in [6.07, 6.45) is 2.76. The number of nitrogens with zero attached hydrogens (tertiary/aromatic N) is 3. The topological polar surface area (TPSA) is 62.2 Å². The molecule has 0 amide bonds. The molecule has 0 radical (unpaired) electrons. The SMILES string of the molecule is CN/C=C\c1c(C=O)c(Nc2ccc(C3(C(F)(F)F)CCCN3C)cc2)nn1CC1CC1. The van der Waals surface area contributed by atoms with Crippen LogP contribution in [0.25, 0.3) is 6.08 Å². The summed E-state index contributed by atoms with van der Waals surface area (Å²) < 4.78 is 43.9. The Labute approximate surface area is 185 Å². The average molecular weight is 448 g/mol. The number of benzene rings is 1. The zero-order valence-corrected chi connectivity index (χ0v) is 18.2. The number of nitrogens with one attached hydrogen (secondary N) is 2. The maximum atomic E-state index is 14.0. The largest absolute Gasteiger partial charge is 0.410 e. The van der Waals surface area contributed by atoms with Gasteiger partial charge < -0.3 is 10.6 Å². The van der Waals surface area contributed by atoms with Crippen LogP contribution in [0.5, 0.6) is 0 Å². The van der Waals surface area contributed by atoms with E-state index in [1.165, 1.54) is 24.1 Å². The van der Waals surface area contributed by atoms with Gasteiger partial charge in [-0.2, -0.15) is 18.3 Å². The molecule has 1 aliphatic heterocycles. The molecule has 9 heteroatoms. The molecule has 2 fully saturated rings. The standard InChI is InChI=1S/C23H28F3N5O/c1-27-12-10-20-19(15-32)21(29-31(20)14-16-4-5-16)28-18-8-6-17(7-9-18)22(23(24,25)26)11-3-13-30(22)2/h6-10,12,15-16,27H,3-5,11,13-14H2,1-2H3,(H,28,29)/b12-10-. The van der Waals surface area contributed by atoms with Crippen LogP contribution in [0.4, 0.5) is 24.7 Å². The molecule has 1 unspecified atom stereocenters. The highest BCUT2D eigenvalue weighted by Crippen LogP contribution is 2.50. The summed E-state index contributed by atoms with van der Waals surface area (Å²) in [4.78, 5) is 13.2. The number of likely N-dealkylation sites (tertiary alicyclic amines) is 1. The number of aromatic nitrogens is 2. The fourth-order valence-corrected chi connectivity index (χ4v) is 4.53. The molecule has 1 aliphatic carbocycles. The van der Waals surface area contributed by atoms with Gasteiger partial charge in [0, 0.05) is 19.3 Å². The molecule has 32 heavy (non-hydrogen) atoms. The molecule has 2 N–H and O–H groups in total. The second kappa shape index (κ2) is 8.61. The third-order valence-corrected chi connectivity index (χ3v) is 6.46. The predicted octanol–water partition coefficient (Wildman–Crippen LogP) is 4.52. The van der Waals surface area contributed by atoms with Crippen molar-refractivity contribution in [3.05, 3.63) is 47.3 Å². The number of rotatable bonds is 8. The zero-order valence-electron chi connectivity index (χ0n) is 18.2. The lowest BCUT2D eigenvalue weighted by atomic mass is 9.86. The Morgan fingerprint density at radius 2 is 1.97 bits per heavy atom. The van der Waals surface area contributed by atoms with E-state index in [2.05, 4.69) is 15.7 Å². The van der Waals surface area contributed by atoms with Gasteiger partial charge in [-0.05, 0) is 75.2 Å². The minimum absolute atomic E-state index is 0.0434. The Bertz CT molecular complexity index is 994. The number of hydrogen-bond acceptors (Lipinski definition) is 5. The summed E-state index contributed by atoms with van der Waals surface area (Å²) in [7, 11) is 3.30. The van der Waals surface area contributed by atoms with Crippen molar-refractivity contribution >= 4 is 23.9 Å². The molecule has 1 aromatic heterocycles. The Kier molecular flexibility index (Phi) is 6.03.